The van der Waals surface area contributed by atoms with Crippen LogP contribution in [0.2, 0.25) is 0 Å². The summed E-state index contributed by atoms with van der Waals surface area (Å²) in [7, 11) is 0. The molecule has 0 bridgehead atoms. The molecule has 2 aromatic heterocycles. The molecule has 0 fully saturated rings. The van der Waals surface area contributed by atoms with Crippen LogP contribution in [0.1, 0.15) is 36.2 Å². The van der Waals surface area contributed by atoms with Crippen LogP contribution < -0.4 is 10.6 Å². The zero-order chi connectivity index (χ0) is 21.8. The van der Waals surface area contributed by atoms with Crippen LogP contribution >= 0.6 is 23.5 Å². The molecule has 8 nitrogen and oxygen atoms in total. The van der Waals surface area contributed by atoms with Crippen LogP contribution in [0.3, 0.4) is 0 Å². The molecule has 0 unspecified atom stereocenters. The molecule has 0 saturated carbocycles. The minimum absolute atomic E-state index is 0.137. The first-order valence-electron chi connectivity index (χ1n) is 9.31. The Kier molecular flexibility index (Phi) is 6.21. The third-order valence-electron chi connectivity index (χ3n) is 4.89. The van der Waals surface area contributed by atoms with Crippen LogP contribution in [0.5, 0.6) is 0 Å². The molecule has 2 atom stereocenters. The summed E-state index contributed by atoms with van der Waals surface area (Å²) in [6.07, 6.45) is 3.30. The van der Waals surface area contributed by atoms with E-state index in [0.29, 0.717) is 37.8 Å². The van der Waals surface area contributed by atoms with Crippen LogP contribution in [0.15, 0.2) is 66.8 Å². The smallest absolute Gasteiger partial charge is 0.225 e. The Bertz CT molecular complexity index is 1050. The summed E-state index contributed by atoms with van der Waals surface area (Å²) in [5.74, 6) is -0.150. The monoisotopic (exact) mass is 452 g/mol. The number of nitriles is 2. The van der Waals surface area contributed by atoms with Gasteiger partial charge in [0.25, 0.3) is 0 Å². The van der Waals surface area contributed by atoms with Crippen LogP contribution in [-0.4, -0.2) is 16.9 Å². The Morgan fingerprint density at radius 1 is 0.871 bits per heavy atom. The highest BCUT2D eigenvalue weighted by Gasteiger charge is 2.33. The van der Waals surface area contributed by atoms with Crippen molar-refractivity contribution in [3.05, 3.63) is 69.5 Å². The fraction of sp³-hybridized carbons (Fsp3) is 0.238. The maximum atomic E-state index is 12.2. The quantitative estimate of drug-likeness (QED) is 0.635. The second-order valence-corrected chi connectivity index (χ2v) is 9.09. The van der Waals surface area contributed by atoms with Crippen molar-refractivity contribution in [2.24, 2.45) is 0 Å². The Morgan fingerprint density at radius 3 is 1.68 bits per heavy atom. The third kappa shape index (κ3) is 4.41. The highest BCUT2D eigenvalue weighted by molar-refractivity contribution is 8.19. The van der Waals surface area contributed by atoms with Gasteiger partial charge in [-0.3, -0.25) is 9.59 Å². The van der Waals surface area contributed by atoms with Gasteiger partial charge < -0.3 is 19.5 Å². The fourth-order valence-electron chi connectivity index (χ4n) is 3.48. The molecule has 0 radical (unpaired) electrons. The van der Waals surface area contributed by atoms with Crippen molar-refractivity contribution in [2.75, 3.05) is 5.08 Å². The highest BCUT2D eigenvalue weighted by atomic mass is 32.2. The molecule has 0 spiro atoms. The van der Waals surface area contributed by atoms with Gasteiger partial charge in [0, 0.05) is 12.8 Å². The molecule has 31 heavy (non-hydrogen) atoms. The standard InChI is InChI=1S/C21H16N4O4S2/c22-9-14-12(16-3-1-5-28-16)7-18(26)24-20(14)30-11-31-21-15(10-23)13(8-19(27)25-21)17-4-2-6-29-17/h1-6,12-13H,7-8,11H2,(H,24,26)(H,25,27)/t12-,13-/m1/s1. The summed E-state index contributed by atoms with van der Waals surface area (Å²) in [6, 6.07) is 11.3. The van der Waals surface area contributed by atoms with E-state index in [1.54, 1.807) is 24.3 Å². The lowest BCUT2D eigenvalue weighted by atomic mass is 9.92. The van der Waals surface area contributed by atoms with Gasteiger partial charge in [-0.05, 0) is 24.3 Å². The first kappa shape index (κ1) is 20.9. The second-order valence-electron chi connectivity index (χ2n) is 6.76. The molecule has 10 heteroatoms. The third-order valence-corrected chi connectivity index (χ3v) is 7.06. The van der Waals surface area contributed by atoms with E-state index in [4.69, 9.17) is 8.83 Å². The zero-order valence-corrected chi connectivity index (χ0v) is 17.7. The first-order valence-corrected chi connectivity index (χ1v) is 11.3. The minimum atomic E-state index is -0.437. The molecule has 2 aromatic rings. The van der Waals surface area contributed by atoms with E-state index in [-0.39, 0.29) is 24.7 Å². The highest BCUT2D eigenvalue weighted by Crippen LogP contribution is 2.40. The Hall–Kier alpha value is -3.34. The average molecular weight is 453 g/mol. The Morgan fingerprint density at radius 2 is 1.32 bits per heavy atom. The first-order chi connectivity index (χ1) is 15.1. The number of carbonyl (C=O) groups excluding carboxylic acids is 2. The summed E-state index contributed by atoms with van der Waals surface area (Å²) in [5, 5.41) is 26.2. The lowest BCUT2D eigenvalue weighted by molar-refractivity contribution is -0.121. The lowest BCUT2D eigenvalue weighted by Gasteiger charge is -2.25. The van der Waals surface area contributed by atoms with Gasteiger partial charge in [-0.15, -0.1) is 0 Å². The molecule has 4 rings (SSSR count). The molecule has 2 N–H and O–H groups in total. The van der Waals surface area contributed by atoms with E-state index in [1.165, 1.54) is 36.1 Å². The maximum absolute atomic E-state index is 12.2. The van der Waals surface area contributed by atoms with Gasteiger partial charge in [-0.25, -0.2) is 0 Å². The van der Waals surface area contributed by atoms with E-state index in [0.717, 1.165) is 0 Å². The number of hydrogen-bond donors (Lipinski definition) is 2. The van der Waals surface area contributed by atoms with Gasteiger partial charge in [0.1, 0.15) is 11.5 Å². The number of rotatable bonds is 6. The van der Waals surface area contributed by atoms with Gasteiger partial charge in [-0.1, -0.05) is 23.5 Å². The molecule has 2 aliphatic rings. The number of amides is 2. The van der Waals surface area contributed by atoms with Crippen molar-refractivity contribution < 1.29 is 18.4 Å². The predicted octanol–water partition coefficient (Wildman–Crippen LogP) is 3.67. The van der Waals surface area contributed by atoms with E-state index in [9.17, 15) is 20.1 Å². The molecule has 0 saturated heterocycles. The van der Waals surface area contributed by atoms with E-state index in [2.05, 4.69) is 22.8 Å². The Labute approximate surface area is 186 Å². The average Bonchev–Trinajstić information content (AvgIpc) is 3.47. The van der Waals surface area contributed by atoms with E-state index < -0.39 is 11.8 Å². The SMILES string of the molecule is N#CC1=C(SCSC2=C(C#N)[C@H](c3ccco3)CC(=O)N2)NC(=O)C[C@H]1c1ccco1. The van der Waals surface area contributed by atoms with Crippen LogP contribution in [0, 0.1) is 22.7 Å². The summed E-state index contributed by atoms with van der Waals surface area (Å²) in [5.41, 5.74) is 0.853. The molecule has 2 amide bonds. The summed E-state index contributed by atoms with van der Waals surface area (Å²) >= 11 is 2.54. The zero-order valence-electron chi connectivity index (χ0n) is 16.1. The normalized spacial score (nSPS) is 21.4. The van der Waals surface area contributed by atoms with Crippen LogP contribution in [0.25, 0.3) is 0 Å². The van der Waals surface area contributed by atoms with Crippen molar-refractivity contribution in [3.8, 4) is 12.1 Å². The maximum Gasteiger partial charge on any atom is 0.225 e. The van der Waals surface area contributed by atoms with Crippen molar-refractivity contribution in [1.82, 2.24) is 10.6 Å². The van der Waals surface area contributed by atoms with Crippen molar-refractivity contribution >= 4 is 35.3 Å². The molecular weight excluding hydrogens is 436 g/mol. The molecule has 0 aliphatic carbocycles. The number of nitrogens with zero attached hydrogens (tertiary/aromatic N) is 2. The topological polar surface area (TPSA) is 132 Å². The summed E-state index contributed by atoms with van der Waals surface area (Å²) in [4.78, 5) is 24.4. The molecular formula is C21H16N4O4S2. The molecule has 156 valence electrons. The van der Waals surface area contributed by atoms with Crippen molar-refractivity contribution in [1.29, 1.82) is 10.5 Å². The lowest BCUT2D eigenvalue weighted by Crippen LogP contribution is -2.31. The van der Waals surface area contributed by atoms with Crippen molar-refractivity contribution in [3.63, 3.8) is 0 Å². The number of thioether (sulfide) groups is 2. The number of nitrogens with one attached hydrogen (secondary N) is 2. The predicted molar refractivity (Wildman–Crippen MR) is 114 cm³/mol. The van der Waals surface area contributed by atoms with Gasteiger partial charge in [0.15, 0.2) is 0 Å². The van der Waals surface area contributed by atoms with Gasteiger partial charge in [0.05, 0.1) is 62.8 Å². The van der Waals surface area contributed by atoms with Crippen LogP contribution in [0.4, 0.5) is 0 Å². The number of carbonyl (C=O) groups is 2. The molecule has 4 heterocycles. The number of hydrogen-bond acceptors (Lipinski definition) is 8. The summed E-state index contributed by atoms with van der Waals surface area (Å²) in [6.45, 7) is 0. The largest absolute Gasteiger partial charge is 0.469 e. The number of furan rings is 2. The van der Waals surface area contributed by atoms with Crippen molar-refractivity contribution in [2.45, 2.75) is 24.7 Å². The van der Waals surface area contributed by atoms with Gasteiger partial charge >= 0.3 is 0 Å². The fourth-order valence-corrected chi connectivity index (χ4v) is 5.72. The van der Waals surface area contributed by atoms with Crippen LogP contribution in [-0.2, 0) is 9.59 Å². The Balaban J connectivity index is 1.53. The summed E-state index contributed by atoms with van der Waals surface area (Å²) < 4.78 is 10.8. The minimum Gasteiger partial charge on any atom is -0.469 e. The van der Waals surface area contributed by atoms with Gasteiger partial charge in [0.2, 0.25) is 11.8 Å². The molecule has 0 aromatic carbocycles. The number of allylic oxidation sites excluding steroid dienone is 2. The second kappa shape index (κ2) is 9.21. The molecule has 2 aliphatic heterocycles. The van der Waals surface area contributed by atoms with E-state index in [1.807, 2.05) is 0 Å². The van der Waals surface area contributed by atoms with Gasteiger partial charge in [-0.2, -0.15) is 10.5 Å². The van der Waals surface area contributed by atoms with E-state index >= 15 is 0 Å².